The lowest BCUT2D eigenvalue weighted by Gasteiger charge is -1.99. The lowest BCUT2D eigenvalue weighted by Crippen LogP contribution is -2.01. The molecule has 0 amide bonds. The number of aromatic carboxylic acids is 1. The van der Waals surface area contributed by atoms with E-state index in [4.69, 9.17) is 15.3 Å². The third-order valence-electron chi connectivity index (χ3n) is 2.56. The number of nitrogen functional groups attached to an aromatic ring is 1. The zero-order valence-corrected chi connectivity index (χ0v) is 9.62. The van der Waals surface area contributed by atoms with E-state index in [9.17, 15) is 4.79 Å². The van der Waals surface area contributed by atoms with Gasteiger partial charge < -0.3 is 20.2 Å². The highest BCUT2D eigenvalue weighted by Gasteiger charge is 2.12. The first kappa shape index (κ1) is 11.2. The average molecular weight is 259 g/mol. The van der Waals surface area contributed by atoms with E-state index in [1.807, 2.05) is 0 Å². The topological polar surface area (TPSA) is 131 Å². The van der Waals surface area contributed by atoms with Crippen LogP contribution in [-0.2, 0) is 6.42 Å². The number of aromatic amines is 1. The molecule has 3 aromatic heterocycles. The minimum absolute atomic E-state index is 0.121. The van der Waals surface area contributed by atoms with Crippen molar-refractivity contribution in [2.45, 2.75) is 6.42 Å². The molecule has 8 nitrogen and oxygen atoms in total. The van der Waals surface area contributed by atoms with Crippen LogP contribution in [0.25, 0.3) is 11.2 Å². The van der Waals surface area contributed by atoms with Gasteiger partial charge >= 0.3 is 5.97 Å². The van der Waals surface area contributed by atoms with Crippen molar-refractivity contribution in [2.24, 2.45) is 0 Å². The van der Waals surface area contributed by atoms with Crippen molar-refractivity contribution < 1.29 is 14.3 Å². The van der Waals surface area contributed by atoms with E-state index in [2.05, 4.69) is 19.9 Å². The first-order valence-electron chi connectivity index (χ1n) is 5.41. The number of nitrogens with one attached hydrogen (secondary N) is 1. The summed E-state index contributed by atoms with van der Waals surface area (Å²) in [6.45, 7) is 0. The average Bonchev–Trinajstić information content (AvgIpc) is 2.97. The Hall–Kier alpha value is -2.90. The Labute approximate surface area is 106 Å². The lowest BCUT2D eigenvalue weighted by molar-refractivity contribution is 0.0660. The summed E-state index contributed by atoms with van der Waals surface area (Å²) in [6.07, 6.45) is 1.73. The van der Waals surface area contributed by atoms with E-state index in [-0.39, 0.29) is 12.2 Å². The zero-order valence-electron chi connectivity index (χ0n) is 9.62. The van der Waals surface area contributed by atoms with Crippen LogP contribution in [0.4, 0.5) is 5.82 Å². The highest BCUT2D eigenvalue weighted by Crippen LogP contribution is 2.16. The second-order valence-electron chi connectivity index (χ2n) is 3.87. The maximum Gasteiger partial charge on any atom is 0.371 e. The Kier molecular flexibility index (Phi) is 2.41. The van der Waals surface area contributed by atoms with Gasteiger partial charge in [0.1, 0.15) is 17.1 Å². The van der Waals surface area contributed by atoms with Gasteiger partial charge in [-0.3, -0.25) is 0 Å². The van der Waals surface area contributed by atoms with Gasteiger partial charge in [0, 0.05) is 0 Å². The summed E-state index contributed by atoms with van der Waals surface area (Å²) in [6, 6.07) is 2.95. The maximum atomic E-state index is 10.7. The summed E-state index contributed by atoms with van der Waals surface area (Å²) >= 11 is 0. The molecule has 0 radical (unpaired) electrons. The van der Waals surface area contributed by atoms with Gasteiger partial charge in [-0.05, 0) is 12.1 Å². The van der Waals surface area contributed by atoms with Crippen LogP contribution < -0.4 is 5.73 Å². The Morgan fingerprint density at radius 1 is 1.42 bits per heavy atom. The first-order valence-corrected chi connectivity index (χ1v) is 5.41. The Bertz CT molecular complexity index is 761. The van der Waals surface area contributed by atoms with Crippen LogP contribution in [-0.4, -0.2) is 31.0 Å². The van der Waals surface area contributed by atoms with Gasteiger partial charge in [-0.15, -0.1) is 0 Å². The summed E-state index contributed by atoms with van der Waals surface area (Å²) in [5, 5.41) is 8.76. The summed E-state index contributed by atoms with van der Waals surface area (Å²) in [4.78, 5) is 25.9. The number of carboxylic acids is 1. The van der Waals surface area contributed by atoms with Crippen LogP contribution in [0.1, 0.15) is 22.1 Å². The Morgan fingerprint density at radius 3 is 3.00 bits per heavy atom. The molecule has 0 spiro atoms. The highest BCUT2D eigenvalue weighted by atomic mass is 16.4. The minimum atomic E-state index is -1.12. The number of carboxylic acid groups (broad SMARTS) is 1. The standard InChI is InChI=1S/C11H9N5O3/c12-9-8-10(14-4-13-8)16-7(15-9)3-5-1-2-6(19-5)11(17)18/h1-2,4H,3H2,(H,17,18)(H3,12,13,14,15,16). The molecule has 0 aliphatic carbocycles. The van der Waals surface area contributed by atoms with E-state index in [1.165, 1.54) is 12.4 Å². The summed E-state index contributed by atoms with van der Waals surface area (Å²) in [5.74, 6) is -0.0733. The monoisotopic (exact) mass is 259 g/mol. The van der Waals surface area contributed by atoms with Crippen LogP contribution in [0.15, 0.2) is 22.9 Å². The molecule has 0 aliphatic rings. The normalized spacial score (nSPS) is 10.9. The molecule has 96 valence electrons. The van der Waals surface area contributed by atoms with Crippen molar-refractivity contribution in [1.29, 1.82) is 0 Å². The van der Waals surface area contributed by atoms with E-state index in [1.54, 1.807) is 6.07 Å². The third kappa shape index (κ3) is 1.99. The molecular weight excluding hydrogens is 250 g/mol. The number of H-pyrrole nitrogens is 1. The number of nitrogens with two attached hydrogens (primary N) is 1. The predicted octanol–water partition coefficient (Wildman–Crippen LogP) is 0.817. The van der Waals surface area contributed by atoms with Crippen LogP contribution >= 0.6 is 0 Å². The lowest BCUT2D eigenvalue weighted by atomic mass is 10.3. The molecule has 0 bridgehead atoms. The van der Waals surface area contributed by atoms with Crippen LogP contribution in [0.5, 0.6) is 0 Å². The SMILES string of the molecule is Nc1nc(Cc2ccc(C(=O)O)o2)nc2nc[nH]c12. The van der Waals surface area contributed by atoms with Crippen LogP contribution in [0.2, 0.25) is 0 Å². The second kappa shape index (κ2) is 4.09. The molecule has 0 saturated heterocycles. The number of anilines is 1. The van der Waals surface area contributed by atoms with Crippen molar-refractivity contribution in [2.75, 3.05) is 5.73 Å². The molecule has 4 N–H and O–H groups in total. The van der Waals surface area contributed by atoms with Crippen molar-refractivity contribution in [3.8, 4) is 0 Å². The van der Waals surface area contributed by atoms with Gasteiger partial charge in [-0.25, -0.2) is 19.7 Å². The molecule has 3 rings (SSSR count). The molecule has 3 aromatic rings. The van der Waals surface area contributed by atoms with Crippen LogP contribution in [0, 0.1) is 0 Å². The number of nitrogens with zero attached hydrogens (tertiary/aromatic N) is 3. The summed E-state index contributed by atoms with van der Waals surface area (Å²) in [7, 11) is 0. The van der Waals surface area contributed by atoms with Crippen molar-refractivity contribution in [3.63, 3.8) is 0 Å². The highest BCUT2D eigenvalue weighted by molar-refractivity contribution is 5.84. The van der Waals surface area contributed by atoms with Crippen LogP contribution in [0.3, 0.4) is 0 Å². The molecule has 0 unspecified atom stereocenters. The summed E-state index contributed by atoms with van der Waals surface area (Å²) < 4.78 is 5.13. The maximum absolute atomic E-state index is 10.7. The zero-order chi connectivity index (χ0) is 13.4. The smallest absolute Gasteiger partial charge is 0.371 e. The molecule has 3 heterocycles. The number of carbonyl (C=O) groups is 1. The number of imidazole rings is 1. The van der Waals surface area contributed by atoms with E-state index < -0.39 is 5.97 Å². The van der Waals surface area contributed by atoms with Crippen molar-refractivity contribution in [3.05, 3.63) is 35.8 Å². The van der Waals surface area contributed by atoms with E-state index in [0.717, 1.165) is 0 Å². The minimum Gasteiger partial charge on any atom is -0.475 e. The van der Waals surface area contributed by atoms with Gasteiger partial charge in [0.25, 0.3) is 0 Å². The number of furan rings is 1. The first-order chi connectivity index (χ1) is 9.13. The van der Waals surface area contributed by atoms with Crippen molar-refractivity contribution in [1.82, 2.24) is 19.9 Å². The largest absolute Gasteiger partial charge is 0.475 e. The van der Waals surface area contributed by atoms with Crippen molar-refractivity contribution >= 4 is 23.0 Å². The number of fused-ring (bicyclic) bond motifs is 1. The molecule has 0 fully saturated rings. The number of rotatable bonds is 3. The third-order valence-corrected chi connectivity index (χ3v) is 2.56. The molecule has 8 heteroatoms. The molecule has 0 aromatic carbocycles. The molecule has 19 heavy (non-hydrogen) atoms. The fraction of sp³-hybridized carbons (Fsp3) is 0.0909. The van der Waals surface area contributed by atoms with Gasteiger partial charge in [0.15, 0.2) is 11.5 Å². The van der Waals surface area contributed by atoms with Gasteiger partial charge in [-0.2, -0.15) is 0 Å². The molecule has 0 saturated carbocycles. The molecule has 0 atom stereocenters. The van der Waals surface area contributed by atoms with E-state index >= 15 is 0 Å². The number of hydrogen-bond acceptors (Lipinski definition) is 6. The molecule has 0 aliphatic heterocycles. The number of aromatic nitrogens is 4. The second-order valence-corrected chi connectivity index (χ2v) is 3.87. The quantitative estimate of drug-likeness (QED) is 0.634. The van der Waals surface area contributed by atoms with Gasteiger partial charge in [0.2, 0.25) is 5.76 Å². The Morgan fingerprint density at radius 2 is 2.26 bits per heavy atom. The van der Waals surface area contributed by atoms with Gasteiger partial charge in [0.05, 0.1) is 12.7 Å². The van der Waals surface area contributed by atoms with Gasteiger partial charge in [-0.1, -0.05) is 0 Å². The number of hydrogen-bond donors (Lipinski definition) is 3. The fourth-order valence-electron chi connectivity index (χ4n) is 1.73. The molecular formula is C11H9N5O3. The van der Waals surface area contributed by atoms with E-state index in [0.29, 0.717) is 28.6 Å². The summed E-state index contributed by atoms with van der Waals surface area (Å²) in [5.41, 5.74) is 6.80. The Balaban J connectivity index is 1.93. The fourth-order valence-corrected chi connectivity index (χ4v) is 1.73. The predicted molar refractivity (Wildman–Crippen MR) is 64.6 cm³/mol.